The van der Waals surface area contributed by atoms with Crippen molar-refractivity contribution >= 4 is 23.1 Å². The van der Waals surface area contributed by atoms with Crippen LogP contribution in [-0.2, 0) is 0 Å². The predicted octanol–water partition coefficient (Wildman–Crippen LogP) is 4.97. The molecule has 3 rings (SSSR count). The van der Waals surface area contributed by atoms with E-state index in [1.165, 1.54) is 0 Å². The zero-order valence-corrected chi connectivity index (χ0v) is 17.4. The molecule has 0 saturated carbocycles. The Kier molecular flexibility index (Phi) is 7.21. The first-order valence-corrected chi connectivity index (χ1v) is 9.97. The second-order valence-corrected chi connectivity index (χ2v) is 6.60. The van der Waals surface area contributed by atoms with Crippen molar-refractivity contribution in [2.75, 3.05) is 23.8 Å². The third kappa shape index (κ3) is 5.94. The lowest BCUT2D eigenvalue weighted by Gasteiger charge is -2.10. The predicted molar refractivity (Wildman–Crippen MR) is 118 cm³/mol. The van der Waals surface area contributed by atoms with Gasteiger partial charge in [-0.3, -0.25) is 4.79 Å². The normalized spacial score (nSPS) is 10.4. The molecule has 7 nitrogen and oxygen atoms in total. The first kappa shape index (κ1) is 21.1. The Morgan fingerprint density at radius 1 is 0.933 bits per heavy atom. The van der Waals surface area contributed by atoms with E-state index in [4.69, 9.17) is 9.47 Å². The maximum absolute atomic E-state index is 12.4. The number of carbonyl (C=O) groups is 1. The summed E-state index contributed by atoms with van der Waals surface area (Å²) in [6.45, 7) is 6.99. The monoisotopic (exact) mass is 406 g/mol. The number of carbonyl (C=O) groups excluding carboxylic acids is 1. The van der Waals surface area contributed by atoms with Gasteiger partial charge in [0, 0.05) is 23.0 Å². The number of rotatable bonds is 9. The van der Waals surface area contributed by atoms with Crippen LogP contribution < -0.4 is 20.1 Å². The van der Waals surface area contributed by atoms with Crippen molar-refractivity contribution in [1.29, 1.82) is 0 Å². The fourth-order valence-electron chi connectivity index (χ4n) is 2.74. The van der Waals surface area contributed by atoms with Gasteiger partial charge in [0.25, 0.3) is 5.91 Å². The van der Waals surface area contributed by atoms with Crippen LogP contribution in [-0.4, -0.2) is 29.1 Å². The van der Waals surface area contributed by atoms with Crippen LogP contribution in [0.2, 0.25) is 0 Å². The van der Waals surface area contributed by atoms with Crippen molar-refractivity contribution in [3.8, 4) is 11.6 Å². The van der Waals surface area contributed by atoms with E-state index in [0.717, 1.165) is 17.9 Å². The number of aryl methyl sites for hydroxylation is 1. The minimum Gasteiger partial charge on any atom is -0.494 e. The summed E-state index contributed by atoms with van der Waals surface area (Å²) in [5.74, 6) is 2.40. The summed E-state index contributed by atoms with van der Waals surface area (Å²) in [6.07, 6.45) is 0.912. The molecule has 0 fully saturated rings. The van der Waals surface area contributed by atoms with Crippen molar-refractivity contribution in [2.45, 2.75) is 27.2 Å². The molecule has 0 bridgehead atoms. The molecular weight excluding hydrogens is 380 g/mol. The largest absolute Gasteiger partial charge is 0.494 e. The van der Waals surface area contributed by atoms with Gasteiger partial charge in [-0.15, -0.1) is 0 Å². The number of nitrogens with zero attached hydrogens (tertiary/aromatic N) is 2. The highest BCUT2D eigenvalue weighted by Crippen LogP contribution is 2.21. The number of anilines is 3. The Morgan fingerprint density at radius 2 is 1.63 bits per heavy atom. The van der Waals surface area contributed by atoms with Gasteiger partial charge in [0.1, 0.15) is 17.4 Å². The molecule has 1 amide bonds. The number of hydrogen-bond donors (Lipinski definition) is 2. The maximum atomic E-state index is 12.4. The summed E-state index contributed by atoms with van der Waals surface area (Å²) in [5.41, 5.74) is 2.11. The Hall–Kier alpha value is -3.61. The fourth-order valence-corrected chi connectivity index (χ4v) is 2.74. The van der Waals surface area contributed by atoms with Gasteiger partial charge in [0.05, 0.1) is 13.2 Å². The quantitative estimate of drug-likeness (QED) is 0.522. The lowest BCUT2D eigenvalue weighted by Crippen LogP contribution is -2.11. The summed E-state index contributed by atoms with van der Waals surface area (Å²) in [5, 5.41) is 6.12. The van der Waals surface area contributed by atoms with E-state index in [9.17, 15) is 4.79 Å². The smallest absolute Gasteiger partial charge is 0.255 e. The minimum atomic E-state index is -0.178. The van der Waals surface area contributed by atoms with Gasteiger partial charge in [0.15, 0.2) is 0 Å². The number of nitrogens with one attached hydrogen (secondary N) is 2. The molecule has 0 radical (unpaired) electrons. The van der Waals surface area contributed by atoms with E-state index in [1.807, 2.05) is 45.0 Å². The minimum absolute atomic E-state index is 0.178. The van der Waals surface area contributed by atoms with Crippen LogP contribution in [0.5, 0.6) is 11.6 Å². The van der Waals surface area contributed by atoms with Gasteiger partial charge in [-0.25, -0.2) is 4.98 Å². The molecule has 156 valence electrons. The first-order valence-electron chi connectivity index (χ1n) is 9.97. The lowest BCUT2D eigenvalue weighted by molar-refractivity contribution is 0.102. The molecule has 1 aromatic heterocycles. The van der Waals surface area contributed by atoms with Crippen LogP contribution in [0.4, 0.5) is 17.2 Å². The number of benzene rings is 2. The van der Waals surface area contributed by atoms with E-state index in [1.54, 1.807) is 30.3 Å². The Bertz CT molecular complexity index is 973. The molecular formula is C23H26N4O3. The fraction of sp³-hybridized carbons (Fsp3) is 0.261. The summed E-state index contributed by atoms with van der Waals surface area (Å²) in [4.78, 5) is 21.1. The van der Waals surface area contributed by atoms with Crippen molar-refractivity contribution in [3.63, 3.8) is 0 Å². The van der Waals surface area contributed by atoms with Crippen molar-refractivity contribution in [2.24, 2.45) is 0 Å². The molecule has 7 heteroatoms. The van der Waals surface area contributed by atoms with Gasteiger partial charge in [-0.2, -0.15) is 4.98 Å². The van der Waals surface area contributed by atoms with Gasteiger partial charge in [-0.05, 0) is 68.8 Å². The Labute approximate surface area is 176 Å². The van der Waals surface area contributed by atoms with E-state index in [2.05, 4.69) is 20.6 Å². The van der Waals surface area contributed by atoms with Gasteiger partial charge >= 0.3 is 0 Å². The summed E-state index contributed by atoms with van der Waals surface area (Å²) in [7, 11) is 0. The highest BCUT2D eigenvalue weighted by atomic mass is 16.5. The molecule has 0 aliphatic carbocycles. The number of hydrogen-bond acceptors (Lipinski definition) is 6. The summed E-state index contributed by atoms with van der Waals surface area (Å²) < 4.78 is 11.0. The van der Waals surface area contributed by atoms with Crippen LogP contribution in [0, 0.1) is 6.92 Å². The third-order valence-electron chi connectivity index (χ3n) is 4.11. The average molecular weight is 406 g/mol. The Morgan fingerprint density at radius 3 is 2.30 bits per heavy atom. The van der Waals surface area contributed by atoms with E-state index >= 15 is 0 Å². The third-order valence-corrected chi connectivity index (χ3v) is 4.11. The van der Waals surface area contributed by atoms with Crippen LogP contribution >= 0.6 is 0 Å². The highest BCUT2D eigenvalue weighted by molar-refractivity contribution is 6.04. The average Bonchev–Trinajstić information content (AvgIpc) is 2.74. The molecule has 0 aliphatic rings. The van der Waals surface area contributed by atoms with Crippen molar-refractivity contribution < 1.29 is 14.3 Å². The zero-order chi connectivity index (χ0) is 21.3. The number of aromatic nitrogens is 2. The molecule has 2 N–H and O–H groups in total. The molecule has 0 aliphatic heterocycles. The van der Waals surface area contributed by atoms with Gasteiger partial charge < -0.3 is 20.1 Å². The van der Waals surface area contributed by atoms with Crippen molar-refractivity contribution in [3.05, 3.63) is 66.0 Å². The lowest BCUT2D eigenvalue weighted by atomic mass is 10.2. The molecule has 1 heterocycles. The maximum Gasteiger partial charge on any atom is 0.255 e. The number of amides is 1. The molecule has 3 aromatic rings. The molecule has 30 heavy (non-hydrogen) atoms. The van der Waals surface area contributed by atoms with Gasteiger partial charge in [0.2, 0.25) is 5.88 Å². The van der Waals surface area contributed by atoms with Crippen LogP contribution in [0.3, 0.4) is 0 Å². The molecule has 0 spiro atoms. The first-order chi connectivity index (χ1) is 14.6. The van der Waals surface area contributed by atoms with Crippen LogP contribution in [0.15, 0.2) is 54.6 Å². The highest BCUT2D eigenvalue weighted by Gasteiger charge is 2.07. The van der Waals surface area contributed by atoms with E-state index in [0.29, 0.717) is 42.0 Å². The van der Waals surface area contributed by atoms with E-state index < -0.39 is 0 Å². The molecule has 2 aromatic carbocycles. The summed E-state index contributed by atoms with van der Waals surface area (Å²) in [6, 6.07) is 16.2. The van der Waals surface area contributed by atoms with Crippen molar-refractivity contribution in [1.82, 2.24) is 9.97 Å². The Balaban J connectivity index is 1.62. The van der Waals surface area contributed by atoms with Crippen LogP contribution in [0.25, 0.3) is 0 Å². The second kappa shape index (κ2) is 10.2. The SMILES string of the molecule is CCCOc1cc(Nc2ccc(NC(=O)c3ccc(OCC)cc3)cc2)nc(C)n1. The summed E-state index contributed by atoms with van der Waals surface area (Å²) >= 11 is 0. The second-order valence-electron chi connectivity index (χ2n) is 6.60. The van der Waals surface area contributed by atoms with Crippen LogP contribution in [0.1, 0.15) is 36.5 Å². The zero-order valence-electron chi connectivity index (χ0n) is 17.4. The van der Waals surface area contributed by atoms with Gasteiger partial charge in [-0.1, -0.05) is 6.92 Å². The number of ether oxygens (including phenoxy) is 2. The standard InChI is InChI=1S/C23H26N4O3/c1-4-14-30-22-15-21(24-16(3)25-22)26-18-8-10-19(11-9-18)27-23(28)17-6-12-20(13-7-17)29-5-2/h6-13,15H,4-5,14H2,1-3H3,(H,27,28)(H,24,25,26). The topological polar surface area (TPSA) is 85.4 Å². The van der Waals surface area contributed by atoms with E-state index in [-0.39, 0.29) is 5.91 Å². The molecule has 0 saturated heterocycles. The molecule has 0 unspecified atom stereocenters. The molecule has 0 atom stereocenters.